The summed E-state index contributed by atoms with van der Waals surface area (Å²) in [6.07, 6.45) is 5.48. The van der Waals surface area contributed by atoms with Gasteiger partial charge in [-0.2, -0.15) is 0 Å². The van der Waals surface area contributed by atoms with Crippen molar-refractivity contribution in [3.05, 3.63) is 40.8 Å². The average molecular weight is 353 g/mol. The molecule has 0 spiro atoms. The molecule has 0 saturated carbocycles. The molecule has 2 rings (SSSR count). The quantitative estimate of drug-likeness (QED) is 0.850. The predicted molar refractivity (Wildman–Crippen MR) is 84.7 cm³/mol. The van der Waals surface area contributed by atoms with E-state index in [-0.39, 0.29) is 5.54 Å². The summed E-state index contributed by atoms with van der Waals surface area (Å²) in [6, 6.07) is 3.89. The Balaban J connectivity index is 1.96. The second kappa shape index (κ2) is 6.65. The van der Waals surface area contributed by atoms with Crippen molar-refractivity contribution in [2.24, 2.45) is 0 Å². The van der Waals surface area contributed by atoms with Crippen molar-refractivity contribution in [2.75, 3.05) is 0 Å². The SMILES string of the molecule is CC(C)(C)NCc1cnc(Sc2ccc(Br)cn2)nc1. The molecule has 2 aromatic heterocycles. The molecule has 0 fully saturated rings. The largest absolute Gasteiger partial charge is 0.308 e. The van der Waals surface area contributed by atoms with Crippen molar-refractivity contribution in [3.63, 3.8) is 0 Å². The summed E-state index contributed by atoms with van der Waals surface area (Å²) in [5.74, 6) is 0. The zero-order valence-electron chi connectivity index (χ0n) is 11.7. The number of hydrogen-bond donors (Lipinski definition) is 1. The Labute approximate surface area is 132 Å². The predicted octanol–water partition coefficient (Wildman–Crippen LogP) is 3.67. The van der Waals surface area contributed by atoms with Gasteiger partial charge in [-0.15, -0.1) is 0 Å². The summed E-state index contributed by atoms with van der Waals surface area (Å²) in [6.45, 7) is 7.18. The van der Waals surface area contributed by atoms with Crippen LogP contribution in [-0.4, -0.2) is 20.5 Å². The third-order valence-corrected chi connectivity index (χ3v) is 3.71. The maximum atomic E-state index is 4.36. The van der Waals surface area contributed by atoms with Gasteiger partial charge in [-0.25, -0.2) is 15.0 Å². The Morgan fingerprint density at radius 1 is 1.10 bits per heavy atom. The normalized spacial score (nSPS) is 11.6. The van der Waals surface area contributed by atoms with Gasteiger partial charge in [-0.3, -0.25) is 0 Å². The van der Waals surface area contributed by atoms with E-state index >= 15 is 0 Å². The van der Waals surface area contributed by atoms with Crippen LogP contribution in [0.25, 0.3) is 0 Å². The van der Waals surface area contributed by atoms with Crippen LogP contribution in [0.4, 0.5) is 0 Å². The van der Waals surface area contributed by atoms with E-state index in [0.717, 1.165) is 21.6 Å². The van der Waals surface area contributed by atoms with Crippen LogP contribution < -0.4 is 5.32 Å². The highest BCUT2D eigenvalue weighted by molar-refractivity contribution is 9.10. The number of pyridine rings is 1. The van der Waals surface area contributed by atoms with Crippen LogP contribution in [0.5, 0.6) is 0 Å². The molecule has 106 valence electrons. The fourth-order valence-corrected chi connectivity index (χ4v) is 2.24. The highest BCUT2D eigenvalue weighted by Crippen LogP contribution is 2.23. The van der Waals surface area contributed by atoms with E-state index in [0.29, 0.717) is 5.16 Å². The number of aromatic nitrogens is 3. The lowest BCUT2D eigenvalue weighted by Crippen LogP contribution is -2.35. The molecule has 2 heterocycles. The summed E-state index contributed by atoms with van der Waals surface area (Å²) in [5, 5.41) is 5.00. The third kappa shape index (κ3) is 5.19. The van der Waals surface area contributed by atoms with E-state index in [1.54, 1.807) is 6.20 Å². The molecule has 0 aromatic carbocycles. The fourth-order valence-electron chi connectivity index (χ4n) is 1.37. The number of nitrogens with zero attached hydrogens (tertiary/aromatic N) is 3. The van der Waals surface area contributed by atoms with Gasteiger partial charge in [0.25, 0.3) is 0 Å². The Morgan fingerprint density at radius 2 is 1.80 bits per heavy atom. The zero-order valence-corrected chi connectivity index (χ0v) is 14.1. The Kier molecular flexibility index (Phi) is 5.12. The van der Waals surface area contributed by atoms with Gasteiger partial charge < -0.3 is 5.32 Å². The van der Waals surface area contributed by atoms with Gasteiger partial charge >= 0.3 is 0 Å². The van der Waals surface area contributed by atoms with Gasteiger partial charge in [-0.1, -0.05) is 0 Å². The van der Waals surface area contributed by atoms with Crippen molar-refractivity contribution in [3.8, 4) is 0 Å². The van der Waals surface area contributed by atoms with Gasteiger partial charge in [0.2, 0.25) is 0 Å². The number of halogens is 1. The highest BCUT2D eigenvalue weighted by atomic mass is 79.9. The van der Waals surface area contributed by atoms with E-state index in [1.165, 1.54) is 11.8 Å². The van der Waals surface area contributed by atoms with Crippen LogP contribution in [-0.2, 0) is 6.54 Å². The van der Waals surface area contributed by atoms with Crippen LogP contribution in [0.15, 0.2) is 45.4 Å². The molecule has 0 bridgehead atoms. The van der Waals surface area contributed by atoms with Gasteiger partial charge in [-0.05, 0) is 60.6 Å². The molecule has 0 aliphatic carbocycles. The van der Waals surface area contributed by atoms with Crippen LogP contribution in [0.3, 0.4) is 0 Å². The van der Waals surface area contributed by atoms with Gasteiger partial charge in [0.05, 0.1) is 0 Å². The van der Waals surface area contributed by atoms with Crippen molar-refractivity contribution >= 4 is 27.7 Å². The fraction of sp³-hybridized carbons (Fsp3) is 0.357. The Hall–Kier alpha value is -0.980. The van der Waals surface area contributed by atoms with E-state index in [1.807, 2.05) is 24.5 Å². The number of hydrogen-bond acceptors (Lipinski definition) is 5. The molecule has 0 atom stereocenters. The maximum Gasteiger partial charge on any atom is 0.193 e. The third-order valence-electron chi connectivity index (χ3n) is 2.40. The second-order valence-corrected chi connectivity index (χ2v) is 7.30. The van der Waals surface area contributed by atoms with Crippen molar-refractivity contribution in [1.82, 2.24) is 20.3 Å². The summed E-state index contributed by atoms with van der Waals surface area (Å²) < 4.78 is 0.964. The lowest BCUT2D eigenvalue weighted by atomic mass is 10.1. The molecule has 20 heavy (non-hydrogen) atoms. The summed E-state index contributed by atoms with van der Waals surface area (Å²) in [7, 11) is 0. The molecule has 6 heteroatoms. The molecule has 0 aliphatic heterocycles. The lowest BCUT2D eigenvalue weighted by Gasteiger charge is -2.20. The first-order valence-electron chi connectivity index (χ1n) is 6.28. The molecule has 1 N–H and O–H groups in total. The first-order valence-corrected chi connectivity index (χ1v) is 7.89. The Morgan fingerprint density at radius 3 is 2.35 bits per heavy atom. The zero-order chi connectivity index (χ0) is 14.6. The van der Waals surface area contributed by atoms with Crippen molar-refractivity contribution in [2.45, 2.75) is 43.0 Å². The number of nitrogens with one attached hydrogen (secondary N) is 1. The van der Waals surface area contributed by atoms with Crippen LogP contribution in [0, 0.1) is 0 Å². The number of rotatable bonds is 4. The van der Waals surface area contributed by atoms with Gasteiger partial charge in [0.1, 0.15) is 5.03 Å². The van der Waals surface area contributed by atoms with E-state index < -0.39 is 0 Å². The summed E-state index contributed by atoms with van der Waals surface area (Å²) in [5.41, 5.74) is 1.17. The molecule has 4 nitrogen and oxygen atoms in total. The molecule has 0 amide bonds. The summed E-state index contributed by atoms with van der Waals surface area (Å²) >= 11 is 4.82. The second-order valence-electron chi connectivity index (χ2n) is 5.39. The van der Waals surface area contributed by atoms with E-state index in [4.69, 9.17) is 0 Å². The molecule has 0 radical (unpaired) electrons. The molecular weight excluding hydrogens is 336 g/mol. The summed E-state index contributed by atoms with van der Waals surface area (Å²) in [4.78, 5) is 13.0. The highest BCUT2D eigenvalue weighted by Gasteiger charge is 2.09. The molecule has 0 unspecified atom stereocenters. The molecule has 0 aliphatic rings. The minimum Gasteiger partial charge on any atom is -0.308 e. The lowest BCUT2D eigenvalue weighted by molar-refractivity contribution is 0.423. The molecule has 0 saturated heterocycles. The van der Waals surface area contributed by atoms with Gasteiger partial charge in [0.15, 0.2) is 5.16 Å². The van der Waals surface area contributed by atoms with Crippen molar-refractivity contribution < 1.29 is 0 Å². The van der Waals surface area contributed by atoms with Crippen LogP contribution in [0.2, 0.25) is 0 Å². The topological polar surface area (TPSA) is 50.7 Å². The smallest absolute Gasteiger partial charge is 0.193 e. The van der Waals surface area contributed by atoms with Crippen molar-refractivity contribution in [1.29, 1.82) is 0 Å². The first kappa shape index (κ1) is 15.4. The minimum atomic E-state index is 0.0920. The maximum absolute atomic E-state index is 4.36. The van der Waals surface area contributed by atoms with E-state index in [2.05, 4.69) is 57.0 Å². The molecule has 2 aromatic rings. The molecular formula is C14H17BrN4S. The first-order chi connectivity index (χ1) is 9.42. The van der Waals surface area contributed by atoms with E-state index in [9.17, 15) is 0 Å². The minimum absolute atomic E-state index is 0.0920. The van der Waals surface area contributed by atoms with Crippen LogP contribution >= 0.6 is 27.7 Å². The standard InChI is InChI=1S/C14H17BrN4S/c1-14(2,3)19-8-10-6-17-13(18-7-10)20-12-5-4-11(15)9-16-12/h4-7,9,19H,8H2,1-3H3. The van der Waals surface area contributed by atoms with Crippen LogP contribution in [0.1, 0.15) is 26.3 Å². The monoisotopic (exact) mass is 352 g/mol. The average Bonchev–Trinajstić information content (AvgIpc) is 2.40. The van der Waals surface area contributed by atoms with Gasteiger partial charge in [0, 0.05) is 40.7 Å². The Bertz CT molecular complexity index is 549.